The number of hydrazone groups is 2. The Kier molecular flexibility index (Phi) is 8.92. The summed E-state index contributed by atoms with van der Waals surface area (Å²) in [5.41, 5.74) is 10.6. The molecule has 3 aromatic carbocycles. The van der Waals surface area contributed by atoms with Crippen molar-refractivity contribution in [2.75, 3.05) is 23.7 Å². The Morgan fingerprint density at radius 2 is 1.09 bits per heavy atom. The standard InChI is InChI=1S/C26H28N6O2/c1-19-6-10-23(11-7-19)27-17-25(33)31-29-15-21-4-3-5-22(14-21)16-30-32-26(34)18-28-24-12-8-20(2)9-13-24/h3-16,27-28H,17-18H2,1-2H3,(H,31,33)(H,32,34)/b29-15+,30-16+. The fourth-order valence-electron chi connectivity index (χ4n) is 2.86. The van der Waals surface area contributed by atoms with Gasteiger partial charge in [-0.3, -0.25) is 9.59 Å². The van der Waals surface area contributed by atoms with Crippen molar-refractivity contribution < 1.29 is 9.59 Å². The summed E-state index contributed by atoms with van der Waals surface area (Å²) in [5.74, 6) is -0.506. The third-order valence-electron chi connectivity index (χ3n) is 4.73. The summed E-state index contributed by atoms with van der Waals surface area (Å²) in [7, 11) is 0. The summed E-state index contributed by atoms with van der Waals surface area (Å²) < 4.78 is 0. The smallest absolute Gasteiger partial charge is 0.259 e. The van der Waals surface area contributed by atoms with Gasteiger partial charge in [-0.05, 0) is 55.3 Å². The molecule has 0 aliphatic rings. The molecule has 4 N–H and O–H groups in total. The van der Waals surface area contributed by atoms with Crippen molar-refractivity contribution in [1.82, 2.24) is 10.9 Å². The molecule has 0 radical (unpaired) electrons. The van der Waals surface area contributed by atoms with E-state index in [1.807, 2.05) is 86.6 Å². The maximum atomic E-state index is 12.0. The zero-order chi connectivity index (χ0) is 24.2. The summed E-state index contributed by atoms with van der Waals surface area (Å²) >= 11 is 0. The number of carbonyl (C=O) groups is 2. The number of amides is 2. The molecule has 3 aromatic rings. The van der Waals surface area contributed by atoms with E-state index in [0.717, 1.165) is 33.6 Å². The minimum absolute atomic E-state index is 0.117. The van der Waals surface area contributed by atoms with E-state index < -0.39 is 0 Å². The number of hydrogen-bond acceptors (Lipinski definition) is 6. The van der Waals surface area contributed by atoms with Crippen LogP contribution in [-0.2, 0) is 9.59 Å². The Morgan fingerprint density at radius 1 is 0.676 bits per heavy atom. The summed E-state index contributed by atoms with van der Waals surface area (Å²) in [6.07, 6.45) is 3.09. The van der Waals surface area contributed by atoms with Gasteiger partial charge < -0.3 is 10.6 Å². The summed E-state index contributed by atoms with van der Waals surface area (Å²) in [6, 6.07) is 22.9. The Bertz CT molecular complexity index is 1070. The Hall–Kier alpha value is -4.46. The molecule has 0 fully saturated rings. The molecule has 174 valence electrons. The molecule has 0 aliphatic heterocycles. The van der Waals surface area contributed by atoms with E-state index in [2.05, 4.69) is 31.7 Å². The number of rotatable bonds is 10. The quantitative estimate of drug-likeness (QED) is 0.277. The predicted octanol–water partition coefficient (Wildman–Crippen LogP) is 3.43. The lowest BCUT2D eigenvalue weighted by molar-refractivity contribution is -0.120. The molecular formula is C26H28N6O2. The fourth-order valence-corrected chi connectivity index (χ4v) is 2.86. The van der Waals surface area contributed by atoms with E-state index in [1.54, 1.807) is 12.4 Å². The van der Waals surface area contributed by atoms with Crippen molar-refractivity contribution >= 4 is 35.6 Å². The molecule has 0 aliphatic carbocycles. The van der Waals surface area contributed by atoms with Gasteiger partial charge in [-0.15, -0.1) is 0 Å². The van der Waals surface area contributed by atoms with Crippen molar-refractivity contribution in [2.24, 2.45) is 10.2 Å². The van der Waals surface area contributed by atoms with Gasteiger partial charge in [-0.1, -0.05) is 53.6 Å². The van der Waals surface area contributed by atoms with Gasteiger partial charge in [0.05, 0.1) is 25.5 Å². The molecule has 0 heterocycles. The van der Waals surface area contributed by atoms with E-state index >= 15 is 0 Å². The Morgan fingerprint density at radius 3 is 1.50 bits per heavy atom. The number of nitrogens with zero attached hydrogens (tertiary/aromatic N) is 2. The van der Waals surface area contributed by atoms with E-state index in [1.165, 1.54) is 0 Å². The highest BCUT2D eigenvalue weighted by molar-refractivity contribution is 5.88. The number of nitrogens with one attached hydrogen (secondary N) is 4. The fraction of sp³-hybridized carbons (Fsp3) is 0.154. The molecule has 0 atom stereocenters. The second kappa shape index (κ2) is 12.5. The first-order valence-corrected chi connectivity index (χ1v) is 10.8. The van der Waals surface area contributed by atoms with Crippen molar-refractivity contribution in [2.45, 2.75) is 13.8 Å². The minimum Gasteiger partial charge on any atom is -0.376 e. The summed E-state index contributed by atoms with van der Waals surface area (Å²) in [5, 5.41) is 14.1. The lowest BCUT2D eigenvalue weighted by atomic mass is 10.1. The van der Waals surface area contributed by atoms with E-state index in [0.29, 0.717) is 0 Å². The van der Waals surface area contributed by atoms with Crippen LogP contribution in [0.2, 0.25) is 0 Å². The third-order valence-corrected chi connectivity index (χ3v) is 4.73. The first-order valence-electron chi connectivity index (χ1n) is 10.8. The second-order valence-corrected chi connectivity index (χ2v) is 7.70. The highest BCUT2D eigenvalue weighted by atomic mass is 16.2. The van der Waals surface area contributed by atoms with Crippen LogP contribution >= 0.6 is 0 Å². The van der Waals surface area contributed by atoms with Crippen molar-refractivity contribution in [3.63, 3.8) is 0 Å². The first kappa shape index (κ1) is 24.2. The van der Waals surface area contributed by atoms with Crippen LogP contribution in [0.15, 0.2) is 83.0 Å². The van der Waals surface area contributed by atoms with E-state index in [-0.39, 0.29) is 24.9 Å². The first-order chi connectivity index (χ1) is 16.5. The van der Waals surface area contributed by atoms with Gasteiger partial charge in [-0.2, -0.15) is 10.2 Å². The van der Waals surface area contributed by atoms with Gasteiger partial charge in [0.15, 0.2) is 0 Å². The van der Waals surface area contributed by atoms with E-state index in [9.17, 15) is 9.59 Å². The van der Waals surface area contributed by atoms with E-state index in [4.69, 9.17) is 0 Å². The second-order valence-electron chi connectivity index (χ2n) is 7.70. The SMILES string of the molecule is Cc1ccc(NCC(=O)N/N=C/c2cccc(/C=N/NC(=O)CNc3ccc(C)cc3)c2)cc1. The maximum Gasteiger partial charge on any atom is 0.259 e. The van der Waals surface area contributed by atoms with Crippen LogP contribution in [0.5, 0.6) is 0 Å². The van der Waals surface area contributed by atoms with Crippen LogP contribution in [0.25, 0.3) is 0 Å². The molecule has 8 nitrogen and oxygen atoms in total. The zero-order valence-electron chi connectivity index (χ0n) is 19.2. The van der Waals surface area contributed by atoms with Crippen molar-refractivity contribution in [3.05, 3.63) is 95.1 Å². The zero-order valence-corrected chi connectivity index (χ0v) is 19.2. The van der Waals surface area contributed by atoms with Gasteiger partial charge in [0.1, 0.15) is 0 Å². The molecule has 3 rings (SSSR count). The molecule has 0 saturated carbocycles. The number of anilines is 2. The molecule has 34 heavy (non-hydrogen) atoms. The van der Waals surface area contributed by atoms with Crippen LogP contribution in [0, 0.1) is 13.8 Å². The summed E-state index contributed by atoms with van der Waals surface area (Å²) in [6.45, 7) is 4.25. The lowest BCUT2D eigenvalue weighted by Gasteiger charge is -2.05. The average Bonchev–Trinajstić information content (AvgIpc) is 2.84. The Balaban J connectivity index is 1.40. The number of carbonyl (C=O) groups excluding carboxylic acids is 2. The molecule has 8 heteroatoms. The molecule has 0 saturated heterocycles. The minimum atomic E-state index is -0.253. The monoisotopic (exact) mass is 456 g/mol. The molecule has 2 amide bonds. The number of benzene rings is 3. The largest absolute Gasteiger partial charge is 0.376 e. The molecular weight excluding hydrogens is 428 g/mol. The Labute approximate surface area is 199 Å². The lowest BCUT2D eigenvalue weighted by Crippen LogP contribution is -2.26. The molecule has 0 spiro atoms. The van der Waals surface area contributed by atoms with Gasteiger partial charge in [0.2, 0.25) is 0 Å². The highest BCUT2D eigenvalue weighted by Crippen LogP contribution is 2.08. The molecule has 0 bridgehead atoms. The highest BCUT2D eigenvalue weighted by Gasteiger charge is 2.01. The molecule has 0 unspecified atom stereocenters. The van der Waals surface area contributed by atoms with Crippen LogP contribution in [0.1, 0.15) is 22.3 Å². The number of aryl methyl sites for hydroxylation is 2. The topological polar surface area (TPSA) is 107 Å². The van der Waals surface area contributed by atoms with Crippen molar-refractivity contribution in [1.29, 1.82) is 0 Å². The van der Waals surface area contributed by atoms with Crippen molar-refractivity contribution in [3.8, 4) is 0 Å². The maximum absolute atomic E-state index is 12.0. The van der Waals surface area contributed by atoms with Crippen LogP contribution in [0.4, 0.5) is 11.4 Å². The van der Waals surface area contributed by atoms with Crippen LogP contribution < -0.4 is 21.5 Å². The summed E-state index contributed by atoms with van der Waals surface area (Å²) in [4.78, 5) is 23.9. The van der Waals surface area contributed by atoms with Gasteiger partial charge in [0.25, 0.3) is 11.8 Å². The van der Waals surface area contributed by atoms with Gasteiger partial charge >= 0.3 is 0 Å². The number of hydrogen-bond donors (Lipinski definition) is 4. The van der Waals surface area contributed by atoms with Gasteiger partial charge in [-0.25, -0.2) is 10.9 Å². The van der Waals surface area contributed by atoms with Gasteiger partial charge in [0, 0.05) is 11.4 Å². The third kappa shape index (κ3) is 8.58. The average molecular weight is 457 g/mol. The van der Waals surface area contributed by atoms with Crippen LogP contribution in [-0.4, -0.2) is 37.3 Å². The van der Waals surface area contributed by atoms with Crippen LogP contribution in [0.3, 0.4) is 0 Å². The molecule has 0 aromatic heterocycles. The predicted molar refractivity (Wildman–Crippen MR) is 137 cm³/mol. The normalized spacial score (nSPS) is 10.9.